The van der Waals surface area contributed by atoms with Crippen molar-refractivity contribution in [3.8, 4) is 5.75 Å². The Kier molecular flexibility index (Phi) is 2.73. The van der Waals surface area contributed by atoms with E-state index in [0.29, 0.717) is 6.54 Å². The Morgan fingerprint density at radius 1 is 1.43 bits per heavy atom. The molecule has 0 amide bonds. The molecule has 2 nitrogen and oxygen atoms in total. The average Bonchev–Trinajstić information content (AvgIpc) is 2.99. The summed E-state index contributed by atoms with van der Waals surface area (Å²) in [5, 5.41) is 0. The van der Waals surface area contributed by atoms with Crippen molar-refractivity contribution in [3.63, 3.8) is 0 Å². The van der Waals surface area contributed by atoms with Gasteiger partial charge >= 0.3 is 0 Å². The summed E-state index contributed by atoms with van der Waals surface area (Å²) in [5.74, 6) is 1.76. The summed E-state index contributed by atoms with van der Waals surface area (Å²) in [6.45, 7) is 3.49. The van der Waals surface area contributed by atoms with E-state index in [4.69, 9.17) is 10.5 Å². The molecule has 0 saturated heterocycles. The van der Waals surface area contributed by atoms with Crippen LogP contribution >= 0.6 is 0 Å². The van der Waals surface area contributed by atoms with Crippen molar-refractivity contribution in [1.29, 1.82) is 0 Å². The van der Waals surface area contributed by atoms with Crippen LogP contribution in [0.1, 0.15) is 24.0 Å². The first-order valence-electron chi connectivity index (χ1n) is 5.22. The Morgan fingerprint density at radius 2 is 2.21 bits per heavy atom. The summed E-state index contributed by atoms with van der Waals surface area (Å²) < 4.78 is 5.73. The lowest BCUT2D eigenvalue weighted by atomic mass is 10.1. The van der Waals surface area contributed by atoms with Gasteiger partial charge in [0.2, 0.25) is 0 Å². The van der Waals surface area contributed by atoms with Crippen LogP contribution in [0.5, 0.6) is 5.75 Å². The number of hydrogen-bond acceptors (Lipinski definition) is 2. The third-order valence-electron chi connectivity index (χ3n) is 2.61. The van der Waals surface area contributed by atoms with Gasteiger partial charge in [0.05, 0.1) is 6.61 Å². The molecule has 0 radical (unpaired) electrons. The first-order chi connectivity index (χ1) is 6.79. The molecule has 1 saturated carbocycles. The lowest BCUT2D eigenvalue weighted by Gasteiger charge is -2.10. The molecule has 0 aromatic heterocycles. The molecule has 1 aromatic carbocycles. The fourth-order valence-corrected chi connectivity index (χ4v) is 1.50. The van der Waals surface area contributed by atoms with Crippen LogP contribution < -0.4 is 10.5 Å². The van der Waals surface area contributed by atoms with Crippen molar-refractivity contribution in [1.82, 2.24) is 0 Å². The van der Waals surface area contributed by atoms with Crippen molar-refractivity contribution in [2.24, 2.45) is 11.7 Å². The second kappa shape index (κ2) is 4.01. The molecule has 1 aliphatic rings. The van der Waals surface area contributed by atoms with Gasteiger partial charge in [-0.2, -0.15) is 0 Å². The minimum absolute atomic E-state index is 0.557. The molecule has 2 rings (SSSR count). The molecule has 14 heavy (non-hydrogen) atoms. The van der Waals surface area contributed by atoms with Gasteiger partial charge in [0.15, 0.2) is 0 Å². The predicted octanol–water partition coefficient (Wildman–Crippen LogP) is 2.24. The van der Waals surface area contributed by atoms with Crippen LogP contribution in [-0.4, -0.2) is 6.61 Å². The van der Waals surface area contributed by atoms with Gasteiger partial charge in [-0.15, -0.1) is 0 Å². The van der Waals surface area contributed by atoms with E-state index in [1.54, 1.807) is 0 Å². The molecule has 2 heteroatoms. The molecule has 2 N–H and O–H groups in total. The third-order valence-corrected chi connectivity index (χ3v) is 2.61. The second-order valence-electron chi connectivity index (χ2n) is 4.07. The molecule has 76 valence electrons. The van der Waals surface area contributed by atoms with Gasteiger partial charge in [0, 0.05) is 12.1 Å². The van der Waals surface area contributed by atoms with Crippen molar-refractivity contribution in [2.75, 3.05) is 6.61 Å². The summed E-state index contributed by atoms with van der Waals surface area (Å²) in [7, 11) is 0. The molecular weight excluding hydrogens is 174 g/mol. The van der Waals surface area contributed by atoms with Crippen molar-refractivity contribution >= 4 is 0 Å². The van der Waals surface area contributed by atoms with Gasteiger partial charge in [-0.25, -0.2) is 0 Å². The minimum Gasteiger partial charge on any atom is -0.493 e. The van der Waals surface area contributed by atoms with E-state index in [1.165, 1.54) is 18.4 Å². The Morgan fingerprint density at radius 3 is 2.86 bits per heavy atom. The Hall–Kier alpha value is -1.02. The fourth-order valence-electron chi connectivity index (χ4n) is 1.50. The van der Waals surface area contributed by atoms with Crippen LogP contribution in [0, 0.1) is 12.8 Å². The molecule has 0 unspecified atom stereocenters. The predicted molar refractivity (Wildman–Crippen MR) is 57.3 cm³/mol. The maximum absolute atomic E-state index is 5.73. The Balaban J connectivity index is 2.05. The van der Waals surface area contributed by atoms with E-state index in [0.717, 1.165) is 23.8 Å². The second-order valence-corrected chi connectivity index (χ2v) is 4.07. The molecule has 0 spiro atoms. The van der Waals surface area contributed by atoms with E-state index in [9.17, 15) is 0 Å². The number of aryl methyl sites for hydroxylation is 1. The summed E-state index contributed by atoms with van der Waals surface area (Å²) in [6.07, 6.45) is 2.65. The maximum Gasteiger partial charge on any atom is 0.123 e. The van der Waals surface area contributed by atoms with E-state index in [2.05, 4.69) is 19.1 Å². The monoisotopic (exact) mass is 191 g/mol. The van der Waals surface area contributed by atoms with E-state index < -0.39 is 0 Å². The van der Waals surface area contributed by atoms with Gasteiger partial charge in [0.25, 0.3) is 0 Å². The number of rotatable bonds is 4. The lowest BCUT2D eigenvalue weighted by molar-refractivity contribution is 0.297. The zero-order valence-electron chi connectivity index (χ0n) is 8.62. The molecule has 0 heterocycles. The zero-order valence-corrected chi connectivity index (χ0v) is 8.62. The van der Waals surface area contributed by atoms with Crippen LogP contribution in [-0.2, 0) is 6.54 Å². The number of hydrogen-bond donors (Lipinski definition) is 1. The highest BCUT2D eigenvalue weighted by molar-refractivity contribution is 5.36. The Labute approximate surface area is 85.1 Å². The molecule has 1 fully saturated rings. The van der Waals surface area contributed by atoms with Crippen LogP contribution in [0.4, 0.5) is 0 Å². The third kappa shape index (κ3) is 2.26. The number of ether oxygens (including phenoxy) is 1. The lowest BCUT2D eigenvalue weighted by Crippen LogP contribution is -2.05. The first kappa shape index (κ1) is 9.53. The smallest absolute Gasteiger partial charge is 0.123 e. The van der Waals surface area contributed by atoms with Gasteiger partial charge in [-0.1, -0.05) is 17.7 Å². The molecule has 0 aliphatic heterocycles. The number of benzene rings is 1. The van der Waals surface area contributed by atoms with Crippen LogP contribution in [0.15, 0.2) is 18.2 Å². The van der Waals surface area contributed by atoms with E-state index >= 15 is 0 Å². The standard InChI is InChI=1S/C12H17NO/c1-9-2-5-12(11(6-9)7-13)14-8-10-3-4-10/h2,5-6,10H,3-4,7-8,13H2,1H3. The minimum atomic E-state index is 0.557. The van der Waals surface area contributed by atoms with Gasteiger partial charge in [-0.3, -0.25) is 0 Å². The molecule has 0 bridgehead atoms. The zero-order chi connectivity index (χ0) is 9.97. The maximum atomic E-state index is 5.73. The largest absolute Gasteiger partial charge is 0.493 e. The van der Waals surface area contributed by atoms with Crippen LogP contribution in [0.2, 0.25) is 0 Å². The van der Waals surface area contributed by atoms with Crippen molar-refractivity contribution in [3.05, 3.63) is 29.3 Å². The topological polar surface area (TPSA) is 35.2 Å². The summed E-state index contributed by atoms with van der Waals surface area (Å²) in [6, 6.07) is 6.20. The normalized spacial score (nSPS) is 15.6. The molecule has 1 aliphatic carbocycles. The molecule has 0 atom stereocenters. The summed E-state index contributed by atoms with van der Waals surface area (Å²) in [5.41, 5.74) is 8.02. The van der Waals surface area contributed by atoms with Crippen molar-refractivity contribution < 1.29 is 4.74 Å². The van der Waals surface area contributed by atoms with Gasteiger partial charge < -0.3 is 10.5 Å². The van der Waals surface area contributed by atoms with E-state index in [1.807, 2.05) is 6.07 Å². The quantitative estimate of drug-likeness (QED) is 0.792. The summed E-state index contributed by atoms with van der Waals surface area (Å²) in [4.78, 5) is 0. The van der Waals surface area contributed by atoms with Crippen LogP contribution in [0.3, 0.4) is 0 Å². The molecular formula is C12H17NO. The van der Waals surface area contributed by atoms with Crippen molar-refractivity contribution in [2.45, 2.75) is 26.3 Å². The van der Waals surface area contributed by atoms with Gasteiger partial charge in [0.1, 0.15) is 5.75 Å². The Bertz CT molecular complexity index is 318. The van der Waals surface area contributed by atoms with E-state index in [-0.39, 0.29) is 0 Å². The highest BCUT2D eigenvalue weighted by Gasteiger charge is 2.22. The van der Waals surface area contributed by atoms with Crippen LogP contribution in [0.25, 0.3) is 0 Å². The fraction of sp³-hybridized carbons (Fsp3) is 0.500. The summed E-state index contributed by atoms with van der Waals surface area (Å²) >= 11 is 0. The molecule has 1 aromatic rings. The van der Waals surface area contributed by atoms with Gasteiger partial charge in [-0.05, 0) is 31.7 Å². The highest BCUT2D eigenvalue weighted by atomic mass is 16.5. The number of nitrogens with two attached hydrogens (primary N) is 1. The average molecular weight is 191 g/mol. The SMILES string of the molecule is Cc1ccc(OCC2CC2)c(CN)c1. The first-order valence-corrected chi connectivity index (χ1v) is 5.22. The highest BCUT2D eigenvalue weighted by Crippen LogP contribution is 2.30.